The summed E-state index contributed by atoms with van der Waals surface area (Å²) in [7, 11) is 0. The van der Waals surface area contributed by atoms with Crippen LogP contribution in [-0.2, 0) is 4.74 Å². The largest absolute Gasteiger partial charge is 0.461 e. The van der Waals surface area contributed by atoms with Crippen LogP contribution in [0.4, 0.5) is 5.69 Å². The molecule has 0 spiro atoms. The van der Waals surface area contributed by atoms with Crippen LogP contribution in [-0.4, -0.2) is 42.9 Å². The van der Waals surface area contributed by atoms with Crippen molar-refractivity contribution in [3.63, 3.8) is 0 Å². The highest BCUT2D eigenvalue weighted by Gasteiger charge is 2.14. The Morgan fingerprint density at radius 2 is 2.00 bits per heavy atom. The van der Waals surface area contributed by atoms with E-state index in [1.807, 2.05) is 6.07 Å². The fourth-order valence-electron chi connectivity index (χ4n) is 1.97. The molecule has 0 atom stereocenters. The fourth-order valence-corrected chi connectivity index (χ4v) is 3.01. The maximum Gasteiger partial charge on any atom is 0.339 e. The van der Waals surface area contributed by atoms with Crippen LogP contribution in [0.25, 0.3) is 0 Å². The molecule has 1 rings (SSSR count). The molecule has 4 nitrogen and oxygen atoms in total. The van der Waals surface area contributed by atoms with Gasteiger partial charge in [-0.2, -0.15) is 0 Å². The van der Waals surface area contributed by atoms with Gasteiger partial charge in [0, 0.05) is 22.9 Å². The number of likely N-dealkylation sites (N-methyl/N-ethyl adjacent to an activating group) is 1. The first-order valence-electron chi connectivity index (χ1n) is 7.89. The maximum absolute atomic E-state index is 12.3. The van der Waals surface area contributed by atoms with E-state index in [4.69, 9.17) is 10.5 Å². The van der Waals surface area contributed by atoms with Gasteiger partial charge in [-0.05, 0) is 37.2 Å². The molecule has 124 valence electrons. The van der Waals surface area contributed by atoms with Gasteiger partial charge in [-0.25, -0.2) is 4.79 Å². The average Bonchev–Trinajstić information content (AvgIpc) is 2.49. The molecule has 0 aliphatic carbocycles. The number of nitrogen functional groups attached to an aromatic ring is 1. The third kappa shape index (κ3) is 6.28. The molecule has 0 saturated carbocycles. The lowest BCUT2D eigenvalue weighted by Crippen LogP contribution is -2.28. The van der Waals surface area contributed by atoms with E-state index >= 15 is 0 Å². The van der Waals surface area contributed by atoms with E-state index < -0.39 is 0 Å². The average molecular weight is 324 g/mol. The molecule has 0 radical (unpaired) electrons. The van der Waals surface area contributed by atoms with Crippen LogP contribution in [0, 0.1) is 5.92 Å². The minimum atomic E-state index is -0.265. The Hall–Kier alpha value is -1.20. The van der Waals surface area contributed by atoms with E-state index in [2.05, 4.69) is 32.6 Å². The third-order valence-corrected chi connectivity index (χ3v) is 4.81. The van der Waals surface area contributed by atoms with Crippen molar-refractivity contribution in [1.29, 1.82) is 0 Å². The molecule has 22 heavy (non-hydrogen) atoms. The van der Waals surface area contributed by atoms with Crippen LogP contribution in [0.15, 0.2) is 23.1 Å². The van der Waals surface area contributed by atoms with Gasteiger partial charge in [0.15, 0.2) is 0 Å². The molecule has 0 fully saturated rings. The number of benzene rings is 1. The van der Waals surface area contributed by atoms with Crippen molar-refractivity contribution in [2.75, 3.05) is 37.7 Å². The van der Waals surface area contributed by atoms with Crippen molar-refractivity contribution in [1.82, 2.24) is 4.90 Å². The zero-order chi connectivity index (χ0) is 16.5. The molecule has 1 aromatic rings. The van der Waals surface area contributed by atoms with E-state index in [1.54, 1.807) is 23.9 Å². The number of anilines is 1. The normalized spacial score (nSPS) is 11.2. The summed E-state index contributed by atoms with van der Waals surface area (Å²) >= 11 is 1.66. The van der Waals surface area contributed by atoms with Crippen LogP contribution in [0.1, 0.15) is 38.1 Å². The predicted octanol–water partition coefficient (Wildman–Crippen LogP) is 3.52. The van der Waals surface area contributed by atoms with Gasteiger partial charge < -0.3 is 15.4 Å². The van der Waals surface area contributed by atoms with Crippen molar-refractivity contribution in [3.8, 4) is 0 Å². The lowest BCUT2D eigenvalue weighted by atomic mass is 10.2. The maximum atomic E-state index is 12.3. The van der Waals surface area contributed by atoms with Crippen LogP contribution in [0.2, 0.25) is 0 Å². The van der Waals surface area contributed by atoms with Gasteiger partial charge in [-0.3, -0.25) is 0 Å². The molecule has 0 saturated heterocycles. The van der Waals surface area contributed by atoms with Crippen LogP contribution in [0.5, 0.6) is 0 Å². The van der Waals surface area contributed by atoms with E-state index in [9.17, 15) is 4.79 Å². The number of nitrogens with two attached hydrogens (primary N) is 1. The van der Waals surface area contributed by atoms with Crippen LogP contribution in [0.3, 0.4) is 0 Å². The Bertz CT molecular complexity index is 474. The van der Waals surface area contributed by atoms with Gasteiger partial charge in [-0.1, -0.05) is 27.7 Å². The summed E-state index contributed by atoms with van der Waals surface area (Å²) in [6.07, 6.45) is 0. The number of esters is 1. The summed E-state index contributed by atoms with van der Waals surface area (Å²) in [5.74, 6) is 1.24. The van der Waals surface area contributed by atoms with Gasteiger partial charge in [0.1, 0.15) is 6.61 Å². The highest BCUT2D eigenvalue weighted by molar-refractivity contribution is 7.99. The van der Waals surface area contributed by atoms with Gasteiger partial charge in [0.2, 0.25) is 0 Å². The number of hydrogen-bond acceptors (Lipinski definition) is 5. The van der Waals surface area contributed by atoms with E-state index in [0.717, 1.165) is 30.3 Å². The molecular formula is C17H28N2O2S. The van der Waals surface area contributed by atoms with Gasteiger partial charge >= 0.3 is 5.97 Å². The molecule has 0 aliphatic heterocycles. The molecule has 5 heteroatoms. The summed E-state index contributed by atoms with van der Waals surface area (Å²) in [5, 5.41) is 0. The molecular weight excluding hydrogens is 296 g/mol. The Morgan fingerprint density at radius 1 is 1.32 bits per heavy atom. The van der Waals surface area contributed by atoms with E-state index in [0.29, 0.717) is 23.8 Å². The molecule has 0 aromatic heterocycles. The molecule has 0 heterocycles. The number of ether oxygens (including phenoxy) is 1. The molecule has 2 N–H and O–H groups in total. The Kier molecular flexibility index (Phi) is 8.35. The predicted molar refractivity (Wildman–Crippen MR) is 94.5 cm³/mol. The van der Waals surface area contributed by atoms with Crippen molar-refractivity contribution in [2.24, 2.45) is 5.92 Å². The molecule has 0 aliphatic rings. The zero-order valence-electron chi connectivity index (χ0n) is 14.1. The number of nitrogens with zero attached hydrogens (tertiary/aromatic N) is 1. The first-order valence-corrected chi connectivity index (χ1v) is 8.88. The highest BCUT2D eigenvalue weighted by Crippen LogP contribution is 2.27. The zero-order valence-corrected chi connectivity index (χ0v) is 14.9. The van der Waals surface area contributed by atoms with E-state index in [-0.39, 0.29) is 5.97 Å². The Balaban J connectivity index is 2.67. The minimum absolute atomic E-state index is 0.265. The lowest BCUT2D eigenvalue weighted by molar-refractivity contribution is 0.0462. The smallest absolute Gasteiger partial charge is 0.339 e. The molecule has 0 unspecified atom stereocenters. The fraction of sp³-hybridized carbons (Fsp3) is 0.588. The lowest BCUT2D eigenvalue weighted by Gasteiger charge is -2.18. The molecule has 0 amide bonds. The highest BCUT2D eigenvalue weighted by atomic mass is 32.2. The summed E-state index contributed by atoms with van der Waals surface area (Å²) in [6.45, 7) is 11.6. The number of thioether (sulfide) groups is 1. The van der Waals surface area contributed by atoms with Crippen LogP contribution >= 0.6 is 11.8 Å². The Morgan fingerprint density at radius 3 is 2.59 bits per heavy atom. The first-order chi connectivity index (χ1) is 10.5. The topological polar surface area (TPSA) is 55.6 Å². The number of rotatable bonds is 9. The van der Waals surface area contributed by atoms with Gasteiger partial charge in [0.25, 0.3) is 0 Å². The second-order valence-electron chi connectivity index (χ2n) is 5.62. The van der Waals surface area contributed by atoms with Crippen molar-refractivity contribution < 1.29 is 9.53 Å². The second-order valence-corrected chi connectivity index (χ2v) is 6.69. The monoisotopic (exact) mass is 324 g/mol. The first kappa shape index (κ1) is 18.8. The number of carbonyl (C=O) groups excluding carboxylic acids is 1. The summed E-state index contributed by atoms with van der Waals surface area (Å²) in [5.41, 5.74) is 7.12. The van der Waals surface area contributed by atoms with Gasteiger partial charge in [0.05, 0.1) is 5.56 Å². The minimum Gasteiger partial charge on any atom is -0.461 e. The van der Waals surface area contributed by atoms with Gasteiger partial charge in [-0.15, -0.1) is 11.8 Å². The summed E-state index contributed by atoms with van der Waals surface area (Å²) < 4.78 is 5.41. The van der Waals surface area contributed by atoms with Crippen molar-refractivity contribution >= 4 is 23.4 Å². The van der Waals surface area contributed by atoms with E-state index in [1.165, 1.54) is 0 Å². The Labute approximate surface area is 138 Å². The van der Waals surface area contributed by atoms with Crippen molar-refractivity contribution in [2.45, 2.75) is 32.6 Å². The van der Waals surface area contributed by atoms with Crippen molar-refractivity contribution in [3.05, 3.63) is 23.8 Å². The summed E-state index contributed by atoms with van der Waals surface area (Å²) in [4.78, 5) is 15.4. The third-order valence-electron chi connectivity index (χ3n) is 3.33. The quantitative estimate of drug-likeness (QED) is 0.428. The van der Waals surface area contributed by atoms with Crippen LogP contribution < -0.4 is 5.73 Å². The number of carbonyl (C=O) groups is 1. The SMILES string of the molecule is CCN(CC)CCOC(=O)c1ccc(N)cc1SCC(C)C. The molecule has 0 bridgehead atoms. The summed E-state index contributed by atoms with van der Waals surface area (Å²) in [6, 6.07) is 5.37. The standard InChI is InChI=1S/C17H28N2O2S/c1-5-19(6-2)9-10-21-17(20)15-8-7-14(18)11-16(15)22-12-13(3)4/h7-8,11,13H,5-6,9-10,12,18H2,1-4H3. The molecule has 1 aromatic carbocycles. The second kappa shape index (κ2) is 9.74. The number of hydrogen-bond donors (Lipinski definition) is 1.